The molecule has 3 amide bonds. The molecule has 2 rings (SSSR count). The standard InChI is InChI=1S/C21H25N3O4/c1-14(2)12-19(25)22-17-8-6-16(7-9-17)21(27)24-23-20(26)13-15-4-10-18(28-3)11-5-15/h4-11,14H,12-13H2,1-3H3,(H,22,25)(H,23,26)(H,24,27). The van der Waals surface area contributed by atoms with Gasteiger partial charge in [-0.1, -0.05) is 26.0 Å². The fourth-order valence-electron chi connectivity index (χ4n) is 2.46. The van der Waals surface area contributed by atoms with E-state index in [1.165, 1.54) is 0 Å². The Bertz CT molecular complexity index is 815. The Morgan fingerprint density at radius 3 is 2.11 bits per heavy atom. The summed E-state index contributed by atoms with van der Waals surface area (Å²) in [5.41, 5.74) is 6.55. The Balaban J connectivity index is 1.81. The van der Waals surface area contributed by atoms with Crippen LogP contribution in [-0.4, -0.2) is 24.8 Å². The van der Waals surface area contributed by atoms with Crippen molar-refractivity contribution in [2.75, 3.05) is 12.4 Å². The van der Waals surface area contributed by atoms with Crippen molar-refractivity contribution in [2.24, 2.45) is 5.92 Å². The van der Waals surface area contributed by atoms with Gasteiger partial charge < -0.3 is 10.1 Å². The summed E-state index contributed by atoms with van der Waals surface area (Å²) in [5.74, 6) is 0.130. The second-order valence-corrected chi connectivity index (χ2v) is 6.75. The summed E-state index contributed by atoms with van der Waals surface area (Å²) in [7, 11) is 1.57. The average molecular weight is 383 g/mol. The number of hydrogen-bond acceptors (Lipinski definition) is 4. The van der Waals surface area contributed by atoms with Crippen LogP contribution in [0, 0.1) is 5.92 Å². The molecule has 0 radical (unpaired) electrons. The lowest BCUT2D eigenvalue weighted by Crippen LogP contribution is -2.42. The molecular formula is C21H25N3O4. The van der Waals surface area contributed by atoms with Crippen molar-refractivity contribution in [1.29, 1.82) is 0 Å². The molecule has 0 saturated carbocycles. The summed E-state index contributed by atoms with van der Waals surface area (Å²) in [6.07, 6.45) is 0.563. The molecule has 148 valence electrons. The van der Waals surface area contributed by atoms with Gasteiger partial charge in [0, 0.05) is 17.7 Å². The van der Waals surface area contributed by atoms with Crippen LogP contribution in [0.5, 0.6) is 5.75 Å². The first-order chi connectivity index (χ1) is 13.4. The maximum absolute atomic E-state index is 12.1. The maximum Gasteiger partial charge on any atom is 0.269 e. The third-order valence-corrected chi connectivity index (χ3v) is 3.86. The number of methoxy groups -OCH3 is 1. The van der Waals surface area contributed by atoms with Gasteiger partial charge in [0.05, 0.1) is 13.5 Å². The highest BCUT2D eigenvalue weighted by atomic mass is 16.5. The van der Waals surface area contributed by atoms with E-state index in [-0.39, 0.29) is 24.2 Å². The molecule has 0 spiro atoms. The van der Waals surface area contributed by atoms with Crippen LogP contribution >= 0.6 is 0 Å². The molecule has 0 aliphatic carbocycles. The highest BCUT2D eigenvalue weighted by Gasteiger charge is 2.09. The zero-order chi connectivity index (χ0) is 20.5. The fourth-order valence-corrected chi connectivity index (χ4v) is 2.46. The summed E-state index contributed by atoms with van der Waals surface area (Å²) < 4.78 is 5.07. The number of carbonyl (C=O) groups excluding carboxylic acids is 3. The maximum atomic E-state index is 12.1. The Labute approximate surface area is 164 Å². The number of carbonyl (C=O) groups is 3. The van der Waals surface area contributed by atoms with Gasteiger partial charge in [-0.3, -0.25) is 25.2 Å². The molecule has 0 bridgehead atoms. The van der Waals surface area contributed by atoms with Gasteiger partial charge in [-0.05, 0) is 47.9 Å². The highest BCUT2D eigenvalue weighted by Crippen LogP contribution is 2.12. The van der Waals surface area contributed by atoms with Crippen LogP contribution < -0.4 is 20.9 Å². The summed E-state index contributed by atoms with van der Waals surface area (Å²) in [5, 5.41) is 2.78. The molecule has 0 aliphatic rings. The van der Waals surface area contributed by atoms with Crippen LogP contribution in [0.1, 0.15) is 36.2 Å². The second-order valence-electron chi connectivity index (χ2n) is 6.75. The van der Waals surface area contributed by atoms with Gasteiger partial charge >= 0.3 is 0 Å². The summed E-state index contributed by atoms with van der Waals surface area (Å²) in [6, 6.07) is 13.6. The van der Waals surface area contributed by atoms with E-state index >= 15 is 0 Å². The number of amides is 3. The largest absolute Gasteiger partial charge is 0.497 e. The SMILES string of the molecule is COc1ccc(CC(=O)NNC(=O)c2ccc(NC(=O)CC(C)C)cc2)cc1. The number of rotatable bonds is 7. The van der Waals surface area contributed by atoms with Gasteiger partial charge in [0.25, 0.3) is 5.91 Å². The van der Waals surface area contributed by atoms with E-state index < -0.39 is 5.91 Å². The average Bonchev–Trinajstić information content (AvgIpc) is 2.66. The molecule has 0 heterocycles. The Kier molecular flexibility index (Phi) is 7.56. The molecule has 0 saturated heterocycles. The molecule has 0 fully saturated rings. The van der Waals surface area contributed by atoms with E-state index in [4.69, 9.17) is 4.74 Å². The van der Waals surface area contributed by atoms with Gasteiger partial charge in [-0.15, -0.1) is 0 Å². The van der Waals surface area contributed by atoms with Gasteiger partial charge in [0.2, 0.25) is 11.8 Å². The Morgan fingerprint density at radius 1 is 0.893 bits per heavy atom. The lowest BCUT2D eigenvalue weighted by atomic mass is 10.1. The normalized spacial score (nSPS) is 10.3. The predicted molar refractivity (Wildman–Crippen MR) is 107 cm³/mol. The van der Waals surface area contributed by atoms with E-state index in [0.29, 0.717) is 23.4 Å². The van der Waals surface area contributed by atoms with Crippen molar-refractivity contribution in [1.82, 2.24) is 10.9 Å². The first kappa shape index (κ1) is 21.0. The molecule has 0 atom stereocenters. The zero-order valence-electron chi connectivity index (χ0n) is 16.2. The summed E-state index contributed by atoms with van der Waals surface area (Å²) >= 11 is 0. The minimum absolute atomic E-state index is 0.0713. The Hall–Kier alpha value is -3.35. The van der Waals surface area contributed by atoms with Crippen LogP contribution in [0.25, 0.3) is 0 Å². The molecule has 2 aromatic rings. The molecule has 0 unspecified atom stereocenters. The van der Waals surface area contributed by atoms with E-state index in [2.05, 4.69) is 16.2 Å². The van der Waals surface area contributed by atoms with Gasteiger partial charge in [0.15, 0.2) is 0 Å². The fraction of sp³-hybridized carbons (Fsp3) is 0.286. The molecular weight excluding hydrogens is 358 g/mol. The smallest absolute Gasteiger partial charge is 0.269 e. The van der Waals surface area contributed by atoms with Gasteiger partial charge in [0.1, 0.15) is 5.75 Å². The van der Waals surface area contributed by atoms with Gasteiger partial charge in [-0.2, -0.15) is 0 Å². The number of ether oxygens (including phenoxy) is 1. The number of hydrazine groups is 1. The van der Waals surface area contributed by atoms with Crippen LogP contribution in [-0.2, 0) is 16.0 Å². The molecule has 7 heteroatoms. The second kappa shape index (κ2) is 10.1. The third-order valence-electron chi connectivity index (χ3n) is 3.86. The summed E-state index contributed by atoms with van der Waals surface area (Å²) in [4.78, 5) is 35.9. The van der Waals surface area contributed by atoms with Crippen molar-refractivity contribution in [3.63, 3.8) is 0 Å². The number of benzene rings is 2. The van der Waals surface area contributed by atoms with E-state index in [0.717, 1.165) is 5.56 Å². The zero-order valence-corrected chi connectivity index (χ0v) is 16.2. The topological polar surface area (TPSA) is 96.5 Å². The molecule has 0 aliphatic heterocycles. The van der Waals surface area contributed by atoms with Gasteiger partial charge in [-0.25, -0.2) is 0 Å². The Morgan fingerprint density at radius 2 is 1.54 bits per heavy atom. The van der Waals surface area contributed by atoms with Crippen molar-refractivity contribution in [3.05, 3.63) is 59.7 Å². The van der Waals surface area contributed by atoms with Crippen LogP contribution in [0.4, 0.5) is 5.69 Å². The number of nitrogens with one attached hydrogen (secondary N) is 3. The minimum atomic E-state index is -0.442. The molecule has 7 nitrogen and oxygen atoms in total. The van der Waals surface area contributed by atoms with Crippen molar-refractivity contribution in [2.45, 2.75) is 26.7 Å². The van der Waals surface area contributed by atoms with E-state index in [1.807, 2.05) is 13.8 Å². The molecule has 3 N–H and O–H groups in total. The lowest BCUT2D eigenvalue weighted by Gasteiger charge is -2.09. The summed E-state index contributed by atoms with van der Waals surface area (Å²) in [6.45, 7) is 3.94. The molecule has 0 aromatic heterocycles. The molecule has 28 heavy (non-hydrogen) atoms. The predicted octanol–water partition coefficient (Wildman–Crippen LogP) is 2.68. The van der Waals surface area contributed by atoms with E-state index in [1.54, 1.807) is 55.6 Å². The van der Waals surface area contributed by atoms with Crippen LogP contribution in [0.15, 0.2) is 48.5 Å². The molecule has 2 aromatic carbocycles. The van der Waals surface area contributed by atoms with Crippen molar-refractivity contribution in [3.8, 4) is 5.75 Å². The van der Waals surface area contributed by atoms with Crippen LogP contribution in [0.2, 0.25) is 0 Å². The highest BCUT2D eigenvalue weighted by molar-refractivity contribution is 5.96. The lowest BCUT2D eigenvalue weighted by molar-refractivity contribution is -0.121. The third kappa shape index (κ3) is 6.75. The van der Waals surface area contributed by atoms with Crippen LogP contribution in [0.3, 0.4) is 0 Å². The first-order valence-electron chi connectivity index (χ1n) is 8.99. The number of anilines is 1. The van der Waals surface area contributed by atoms with Crippen molar-refractivity contribution < 1.29 is 19.1 Å². The van der Waals surface area contributed by atoms with Crippen molar-refractivity contribution >= 4 is 23.4 Å². The monoisotopic (exact) mass is 383 g/mol. The minimum Gasteiger partial charge on any atom is -0.497 e. The van der Waals surface area contributed by atoms with E-state index in [9.17, 15) is 14.4 Å². The first-order valence-corrected chi connectivity index (χ1v) is 8.99. The number of hydrogen-bond donors (Lipinski definition) is 3. The quantitative estimate of drug-likeness (QED) is 0.641.